The van der Waals surface area contributed by atoms with Gasteiger partial charge in [-0.25, -0.2) is 0 Å². The van der Waals surface area contributed by atoms with E-state index >= 15 is 0 Å². The number of hydrogen-bond donors (Lipinski definition) is 1. The summed E-state index contributed by atoms with van der Waals surface area (Å²) in [6, 6.07) is 0. The highest BCUT2D eigenvalue weighted by atomic mass is 15.1. The van der Waals surface area contributed by atoms with Crippen LogP contribution in [0.1, 0.15) is 32.6 Å². The van der Waals surface area contributed by atoms with Gasteiger partial charge in [0, 0.05) is 6.54 Å². The van der Waals surface area contributed by atoms with E-state index in [4.69, 9.17) is 0 Å². The van der Waals surface area contributed by atoms with Gasteiger partial charge in [-0.05, 0) is 51.9 Å². The third kappa shape index (κ3) is 4.63. The predicted octanol–water partition coefficient (Wildman–Crippen LogP) is 1.72. The van der Waals surface area contributed by atoms with Gasteiger partial charge in [0.05, 0.1) is 0 Å². The molecule has 1 atom stereocenters. The van der Waals surface area contributed by atoms with Gasteiger partial charge in [0.1, 0.15) is 0 Å². The quantitative estimate of drug-likeness (QED) is 0.632. The van der Waals surface area contributed by atoms with Gasteiger partial charge >= 0.3 is 0 Å². The summed E-state index contributed by atoms with van der Waals surface area (Å²) in [5.41, 5.74) is 0. The first-order valence-electron chi connectivity index (χ1n) is 5.70. The van der Waals surface area contributed by atoms with Gasteiger partial charge in [-0.15, -0.1) is 0 Å². The average molecular weight is 184 g/mol. The lowest BCUT2D eigenvalue weighted by atomic mass is 10.2. The lowest BCUT2D eigenvalue weighted by Crippen LogP contribution is -2.21. The molecule has 1 saturated heterocycles. The number of nitrogens with one attached hydrogen (secondary N) is 1. The van der Waals surface area contributed by atoms with Gasteiger partial charge in [0.15, 0.2) is 0 Å². The highest BCUT2D eigenvalue weighted by molar-refractivity contribution is 4.71. The minimum Gasteiger partial charge on any atom is -0.320 e. The molecule has 2 nitrogen and oxygen atoms in total. The Hall–Kier alpha value is -0.0800. The molecule has 0 aromatic carbocycles. The van der Waals surface area contributed by atoms with E-state index in [9.17, 15) is 0 Å². The maximum atomic E-state index is 3.19. The number of likely N-dealkylation sites (tertiary alicyclic amines) is 1. The van der Waals surface area contributed by atoms with Crippen LogP contribution in [0.2, 0.25) is 0 Å². The maximum Gasteiger partial charge on any atom is 0.000750 e. The van der Waals surface area contributed by atoms with Crippen LogP contribution >= 0.6 is 0 Å². The Morgan fingerprint density at radius 3 is 2.77 bits per heavy atom. The second-order valence-corrected chi connectivity index (χ2v) is 4.36. The van der Waals surface area contributed by atoms with Crippen LogP contribution < -0.4 is 5.32 Å². The zero-order valence-electron chi connectivity index (χ0n) is 9.18. The Kier molecular flexibility index (Phi) is 5.40. The Morgan fingerprint density at radius 1 is 1.31 bits per heavy atom. The molecule has 0 aromatic heterocycles. The summed E-state index contributed by atoms with van der Waals surface area (Å²) >= 11 is 0. The average Bonchev–Trinajstić information content (AvgIpc) is 2.51. The highest BCUT2D eigenvalue weighted by Crippen LogP contribution is 2.15. The Morgan fingerprint density at radius 2 is 2.15 bits per heavy atom. The highest BCUT2D eigenvalue weighted by Gasteiger charge is 2.17. The van der Waals surface area contributed by atoms with Crippen molar-refractivity contribution < 1.29 is 0 Å². The van der Waals surface area contributed by atoms with E-state index in [1.54, 1.807) is 0 Å². The lowest BCUT2D eigenvalue weighted by Gasteiger charge is -2.14. The van der Waals surface area contributed by atoms with Gasteiger partial charge in [-0.3, -0.25) is 0 Å². The van der Waals surface area contributed by atoms with Crippen LogP contribution in [-0.2, 0) is 0 Å². The molecule has 0 amide bonds. The molecule has 0 radical (unpaired) electrons. The molecule has 1 rings (SSSR count). The van der Waals surface area contributed by atoms with Gasteiger partial charge in [-0.1, -0.05) is 13.3 Å². The molecule has 1 aliphatic heterocycles. The van der Waals surface area contributed by atoms with Crippen LogP contribution in [0.3, 0.4) is 0 Å². The summed E-state index contributed by atoms with van der Waals surface area (Å²) in [6.45, 7) is 7.55. The Bertz CT molecular complexity index is 125. The number of nitrogens with zero attached hydrogens (tertiary/aromatic N) is 1. The van der Waals surface area contributed by atoms with Crippen molar-refractivity contribution in [1.82, 2.24) is 10.2 Å². The van der Waals surface area contributed by atoms with Crippen LogP contribution in [0.4, 0.5) is 0 Å². The van der Waals surface area contributed by atoms with Crippen LogP contribution in [0, 0.1) is 5.92 Å². The van der Waals surface area contributed by atoms with E-state index in [-0.39, 0.29) is 0 Å². The topological polar surface area (TPSA) is 15.3 Å². The first-order chi connectivity index (χ1) is 6.33. The van der Waals surface area contributed by atoms with Crippen LogP contribution in [0.15, 0.2) is 0 Å². The summed E-state index contributed by atoms with van der Waals surface area (Å²) in [5, 5.41) is 3.19. The minimum absolute atomic E-state index is 0.942. The molecule has 2 heteroatoms. The van der Waals surface area contributed by atoms with Crippen molar-refractivity contribution in [3.8, 4) is 0 Å². The third-order valence-corrected chi connectivity index (χ3v) is 2.91. The fourth-order valence-corrected chi connectivity index (χ4v) is 2.04. The Balaban J connectivity index is 1.88. The molecule has 1 N–H and O–H groups in total. The van der Waals surface area contributed by atoms with Gasteiger partial charge in [0.2, 0.25) is 0 Å². The van der Waals surface area contributed by atoms with E-state index in [1.807, 2.05) is 7.05 Å². The fraction of sp³-hybridized carbons (Fsp3) is 1.00. The lowest BCUT2D eigenvalue weighted by molar-refractivity contribution is 0.318. The van der Waals surface area contributed by atoms with Crippen molar-refractivity contribution in [1.29, 1.82) is 0 Å². The largest absolute Gasteiger partial charge is 0.320 e. The molecule has 1 unspecified atom stereocenters. The second kappa shape index (κ2) is 6.39. The SMILES string of the molecule is CNCCCCCN1CCC(C)C1. The van der Waals surface area contributed by atoms with Crippen molar-refractivity contribution in [2.45, 2.75) is 32.6 Å². The van der Waals surface area contributed by atoms with Crippen molar-refractivity contribution >= 4 is 0 Å². The zero-order valence-corrected chi connectivity index (χ0v) is 9.18. The molecule has 1 aliphatic rings. The third-order valence-electron chi connectivity index (χ3n) is 2.91. The van der Waals surface area contributed by atoms with E-state index in [2.05, 4.69) is 17.1 Å². The fourth-order valence-electron chi connectivity index (χ4n) is 2.04. The molecule has 0 saturated carbocycles. The molecule has 0 aliphatic carbocycles. The van der Waals surface area contributed by atoms with E-state index < -0.39 is 0 Å². The molecule has 0 bridgehead atoms. The molecule has 0 spiro atoms. The van der Waals surface area contributed by atoms with Crippen molar-refractivity contribution in [3.63, 3.8) is 0 Å². The first kappa shape index (κ1) is 11.0. The van der Waals surface area contributed by atoms with Crippen molar-refractivity contribution in [3.05, 3.63) is 0 Å². The minimum atomic E-state index is 0.942. The number of hydrogen-bond acceptors (Lipinski definition) is 2. The normalized spacial score (nSPS) is 24.0. The zero-order chi connectivity index (χ0) is 9.52. The van der Waals surface area contributed by atoms with E-state index in [0.717, 1.165) is 5.92 Å². The standard InChI is InChI=1S/C11H24N2/c1-11-6-9-13(10-11)8-5-3-4-7-12-2/h11-12H,3-10H2,1-2H3. The molecule has 0 aromatic rings. The summed E-state index contributed by atoms with van der Waals surface area (Å²) < 4.78 is 0. The molecule has 13 heavy (non-hydrogen) atoms. The first-order valence-corrected chi connectivity index (χ1v) is 5.70. The smallest absolute Gasteiger partial charge is 0.000750 e. The monoisotopic (exact) mass is 184 g/mol. The maximum absolute atomic E-state index is 3.19. The summed E-state index contributed by atoms with van der Waals surface area (Å²) in [4.78, 5) is 2.62. The summed E-state index contributed by atoms with van der Waals surface area (Å²) in [5.74, 6) is 0.942. The van der Waals surface area contributed by atoms with Gasteiger partial charge in [0.25, 0.3) is 0 Å². The summed E-state index contributed by atoms with van der Waals surface area (Å²) in [6.07, 6.45) is 5.51. The van der Waals surface area contributed by atoms with E-state index in [1.165, 1.54) is 51.9 Å². The van der Waals surface area contributed by atoms with Crippen LogP contribution in [0.5, 0.6) is 0 Å². The number of unbranched alkanes of at least 4 members (excludes halogenated alkanes) is 2. The van der Waals surface area contributed by atoms with Crippen LogP contribution in [0.25, 0.3) is 0 Å². The van der Waals surface area contributed by atoms with Crippen LogP contribution in [-0.4, -0.2) is 38.1 Å². The molecular weight excluding hydrogens is 160 g/mol. The van der Waals surface area contributed by atoms with Crippen molar-refractivity contribution in [2.75, 3.05) is 33.2 Å². The van der Waals surface area contributed by atoms with Gasteiger partial charge < -0.3 is 10.2 Å². The molecule has 78 valence electrons. The van der Waals surface area contributed by atoms with E-state index in [0.29, 0.717) is 0 Å². The molecule has 1 heterocycles. The molecule has 1 fully saturated rings. The van der Waals surface area contributed by atoms with Gasteiger partial charge in [-0.2, -0.15) is 0 Å². The second-order valence-electron chi connectivity index (χ2n) is 4.36. The summed E-state index contributed by atoms with van der Waals surface area (Å²) in [7, 11) is 2.03. The predicted molar refractivity (Wildman–Crippen MR) is 58.0 cm³/mol. The number of rotatable bonds is 6. The van der Waals surface area contributed by atoms with Crippen molar-refractivity contribution in [2.24, 2.45) is 5.92 Å². The molecular formula is C11H24N2. The Labute approximate surface area is 82.7 Å².